The van der Waals surface area contributed by atoms with Gasteiger partial charge in [0.15, 0.2) is 5.82 Å². The minimum atomic E-state index is -0.383. The van der Waals surface area contributed by atoms with E-state index in [1.165, 1.54) is 0 Å². The molecule has 0 fully saturated rings. The molecular formula is C25H20N6O2. The van der Waals surface area contributed by atoms with Crippen LogP contribution in [0.2, 0.25) is 0 Å². The number of esters is 1. The van der Waals surface area contributed by atoms with Gasteiger partial charge >= 0.3 is 5.97 Å². The predicted octanol–water partition coefficient (Wildman–Crippen LogP) is 4.77. The van der Waals surface area contributed by atoms with Crippen LogP contribution in [0.5, 0.6) is 5.75 Å². The lowest BCUT2D eigenvalue weighted by Crippen LogP contribution is -2.10. The first-order chi connectivity index (χ1) is 16.1. The fourth-order valence-electron chi connectivity index (χ4n) is 3.41. The van der Waals surface area contributed by atoms with E-state index in [1.807, 2.05) is 62.4 Å². The van der Waals surface area contributed by atoms with Crippen LogP contribution in [0.25, 0.3) is 17.2 Å². The normalized spacial score (nSPS) is 10.8. The molecular weight excluding hydrogens is 416 g/mol. The Kier molecular flexibility index (Phi) is 5.24. The molecule has 0 aliphatic rings. The summed E-state index contributed by atoms with van der Waals surface area (Å²) in [5, 5.41) is 7.93. The molecule has 8 nitrogen and oxygen atoms in total. The largest absolute Gasteiger partial charge is 0.423 e. The maximum Gasteiger partial charge on any atom is 0.343 e. The molecule has 0 amide bonds. The van der Waals surface area contributed by atoms with Gasteiger partial charge in [0.05, 0.1) is 5.56 Å². The fraction of sp³-hybridized carbons (Fsp3) is 0.0800. The number of pyridine rings is 1. The van der Waals surface area contributed by atoms with Gasteiger partial charge in [0.1, 0.15) is 11.6 Å². The van der Waals surface area contributed by atoms with Gasteiger partial charge in [-0.3, -0.25) is 4.98 Å². The molecule has 0 unspecified atom stereocenters. The van der Waals surface area contributed by atoms with Crippen molar-refractivity contribution in [3.05, 3.63) is 95.9 Å². The van der Waals surface area contributed by atoms with E-state index in [2.05, 4.69) is 25.4 Å². The molecule has 0 aliphatic heterocycles. The summed E-state index contributed by atoms with van der Waals surface area (Å²) in [6.45, 7) is 3.78. The second-order valence-electron chi connectivity index (χ2n) is 7.53. The van der Waals surface area contributed by atoms with E-state index in [-0.39, 0.29) is 5.97 Å². The lowest BCUT2D eigenvalue weighted by atomic mass is 10.1. The summed E-state index contributed by atoms with van der Waals surface area (Å²) in [6.07, 6.45) is 3.42. The van der Waals surface area contributed by atoms with Crippen LogP contribution in [-0.4, -0.2) is 30.5 Å². The average Bonchev–Trinajstić information content (AvgIpc) is 3.25. The van der Waals surface area contributed by atoms with Crippen LogP contribution >= 0.6 is 0 Å². The van der Waals surface area contributed by atoms with Crippen LogP contribution in [0.3, 0.4) is 0 Å². The Labute approximate surface area is 189 Å². The molecule has 162 valence electrons. The minimum Gasteiger partial charge on any atom is -0.423 e. The number of nitrogens with zero attached hydrogens (tertiary/aromatic N) is 5. The highest BCUT2D eigenvalue weighted by Crippen LogP contribution is 2.23. The van der Waals surface area contributed by atoms with Gasteiger partial charge in [0.25, 0.3) is 5.78 Å². The topological polar surface area (TPSA) is 94.3 Å². The Hall–Kier alpha value is -4.59. The van der Waals surface area contributed by atoms with Gasteiger partial charge in [-0.05, 0) is 61.9 Å². The van der Waals surface area contributed by atoms with Gasteiger partial charge in [0, 0.05) is 35.4 Å². The van der Waals surface area contributed by atoms with Crippen molar-refractivity contribution >= 4 is 23.3 Å². The molecule has 2 aromatic carbocycles. The number of aromatic nitrogens is 5. The maximum absolute atomic E-state index is 12.4. The molecule has 0 radical (unpaired) electrons. The molecule has 33 heavy (non-hydrogen) atoms. The number of aryl methyl sites for hydroxylation is 2. The molecule has 0 bridgehead atoms. The van der Waals surface area contributed by atoms with Crippen molar-refractivity contribution in [2.45, 2.75) is 13.8 Å². The number of rotatable bonds is 5. The first-order valence-electron chi connectivity index (χ1n) is 10.4. The lowest BCUT2D eigenvalue weighted by Gasteiger charge is -2.10. The molecule has 5 aromatic rings. The second kappa shape index (κ2) is 8.51. The van der Waals surface area contributed by atoms with Crippen LogP contribution < -0.4 is 10.1 Å². The zero-order valence-corrected chi connectivity index (χ0v) is 18.1. The summed E-state index contributed by atoms with van der Waals surface area (Å²) >= 11 is 0. The van der Waals surface area contributed by atoms with Crippen LogP contribution in [0.15, 0.2) is 79.1 Å². The Morgan fingerprint density at radius 1 is 0.970 bits per heavy atom. The Morgan fingerprint density at radius 2 is 1.79 bits per heavy atom. The number of nitrogens with one attached hydrogen (secondary N) is 1. The molecule has 0 saturated heterocycles. The minimum absolute atomic E-state index is 0.383. The first-order valence-corrected chi connectivity index (χ1v) is 10.4. The van der Waals surface area contributed by atoms with Crippen molar-refractivity contribution < 1.29 is 9.53 Å². The number of carbonyl (C=O) groups excluding carboxylic acids is 1. The molecule has 0 saturated carbocycles. The highest BCUT2D eigenvalue weighted by Gasteiger charge is 2.13. The van der Waals surface area contributed by atoms with Gasteiger partial charge in [-0.25, -0.2) is 9.78 Å². The third kappa shape index (κ3) is 4.27. The Bertz CT molecular complexity index is 1450. The Balaban J connectivity index is 1.38. The Morgan fingerprint density at radius 3 is 2.55 bits per heavy atom. The van der Waals surface area contributed by atoms with Gasteiger partial charge in [0.2, 0.25) is 0 Å². The molecule has 1 N–H and O–H groups in total. The van der Waals surface area contributed by atoms with Crippen molar-refractivity contribution in [3.8, 4) is 17.1 Å². The van der Waals surface area contributed by atoms with Crippen LogP contribution in [0, 0.1) is 13.8 Å². The van der Waals surface area contributed by atoms with E-state index in [0.29, 0.717) is 28.7 Å². The van der Waals surface area contributed by atoms with Crippen molar-refractivity contribution in [1.82, 2.24) is 24.6 Å². The number of hydrogen-bond donors (Lipinski definition) is 1. The van der Waals surface area contributed by atoms with Crippen LogP contribution in [0.1, 0.15) is 21.6 Å². The average molecular weight is 436 g/mol. The zero-order chi connectivity index (χ0) is 22.8. The quantitative estimate of drug-likeness (QED) is 0.313. The SMILES string of the molecule is Cc1cc(Nc2ccc(OC(=O)c3ccccc3C)cc2)n2nc(-c3cccnc3)nc2n1. The monoisotopic (exact) mass is 436 g/mol. The molecule has 0 atom stereocenters. The van der Waals surface area contributed by atoms with E-state index in [1.54, 1.807) is 35.1 Å². The lowest BCUT2D eigenvalue weighted by molar-refractivity contribution is 0.0734. The second-order valence-corrected chi connectivity index (χ2v) is 7.53. The third-order valence-electron chi connectivity index (χ3n) is 5.06. The van der Waals surface area contributed by atoms with E-state index >= 15 is 0 Å². The van der Waals surface area contributed by atoms with E-state index in [0.717, 1.165) is 22.5 Å². The standard InChI is InChI=1S/C25H20N6O2/c1-16-6-3-4-8-21(16)24(32)33-20-11-9-19(10-12-20)28-22-14-17(2)27-25-29-23(30-31(22)25)18-7-5-13-26-15-18/h3-15,28H,1-2H3. The number of carbonyl (C=O) groups is 1. The number of fused-ring (bicyclic) bond motifs is 1. The van der Waals surface area contributed by atoms with Gasteiger partial charge in [-0.2, -0.15) is 9.50 Å². The first kappa shape index (κ1) is 20.3. The molecule has 0 spiro atoms. The fourth-order valence-corrected chi connectivity index (χ4v) is 3.41. The summed E-state index contributed by atoms with van der Waals surface area (Å²) in [5.74, 6) is 1.82. The van der Waals surface area contributed by atoms with Crippen LogP contribution in [-0.2, 0) is 0 Å². The summed E-state index contributed by atoms with van der Waals surface area (Å²) < 4.78 is 7.17. The van der Waals surface area contributed by atoms with Gasteiger partial charge < -0.3 is 10.1 Å². The molecule has 8 heteroatoms. The predicted molar refractivity (Wildman–Crippen MR) is 125 cm³/mol. The molecule has 3 aromatic heterocycles. The highest BCUT2D eigenvalue weighted by atomic mass is 16.5. The molecule has 0 aliphatic carbocycles. The van der Waals surface area contributed by atoms with E-state index in [9.17, 15) is 4.79 Å². The van der Waals surface area contributed by atoms with Crippen molar-refractivity contribution in [3.63, 3.8) is 0 Å². The summed E-state index contributed by atoms with van der Waals surface area (Å²) in [5.41, 5.74) is 3.84. The molecule has 3 heterocycles. The summed E-state index contributed by atoms with van der Waals surface area (Å²) in [6, 6.07) is 20.1. The number of benzene rings is 2. The van der Waals surface area contributed by atoms with Gasteiger partial charge in [-0.1, -0.05) is 18.2 Å². The maximum atomic E-state index is 12.4. The summed E-state index contributed by atoms with van der Waals surface area (Å²) in [4.78, 5) is 25.6. The number of ether oxygens (including phenoxy) is 1. The van der Waals surface area contributed by atoms with Crippen LogP contribution in [0.4, 0.5) is 11.5 Å². The number of anilines is 2. The number of hydrogen-bond acceptors (Lipinski definition) is 7. The van der Waals surface area contributed by atoms with Crippen molar-refractivity contribution in [2.75, 3.05) is 5.32 Å². The smallest absolute Gasteiger partial charge is 0.343 e. The zero-order valence-electron chi connectivity index (χ0n) is 18.1. The van der Waals surface area contributed by atoms with Gasteiger partial charge in [-0.15, -0.1) is 5.10 Å². The molecule has 5 rings (SSSR count). The van der Waals surface area contributed by atoms with Crippen molar-refractivity contribution in [2.24, 2.45) is 0 Å². The van der Waals surface area contributed by atoms with E-state index < -0.39 is 0 Å². The third-order valence-corrected chi connectivity index (χ3v) is 5.06. The van der Waals surface area contributed by atoms with Crippen molar-refractivity contribution in [1.29, 1.82) is 0 Å². The van der Waals surface area contributed by atoms with E-state index in [4.69, 9.17) is 4.74 Å². The highest BCUT2D eigenvalue weighted by molar-refractivity contribution is 5.92. The summed E-state index contributed by atoms with van der Waals surface area (Å²) in [7, 11) is 0.